The van der Waals surface area contributed by atoms with Crippen LogP contribution in [0.1, 0.15) is 19.4 Å². The molecule has 7 heteroatoms. The minimum Gasteiger partial charge on any atom is -0.316 e. The van der Waals surface area contributed by atoms with Gasteiger partial charge in [0.05, 0.1) is 0 Å². The molecule has 0 saturated carbocycles. The van der Waals surface area contributed by atoms with Crippen LogP contribution < -0.4 is 5.32 Å². The number of hydrogen-bond acceptors (Lipinski definition) is 5. The van der Waals surface area contributed by atoms with E-state index in [1.165, 1.54) is 11.3 Å². The third kappa shape index (κ3) is 3.07. The number of rotatable bonds is 4. The van der Waals surface area contributed by atoms with Crippen molar-refractivity contribution >= 4 is 21.4 Å². The van der Waals surface area contributed by atoms with Gasteiger partial charge in [0.1, 0.15) is 4.21 Å². The quantitative estimate of drug-likeness (QED) is 0.906. The standard InChI is InChI=1S/C13H23N3O2S2/c1-10-7-16(8-11(2)15(10)4)20(17,18)13-5-12(6-14-3)9-19-13/h5,9-11,14H,6-8H2,1-4H3. The van der Waals surface area contributed by atoms with Gasteiger partial charge in [-0.15, -0.1) is 11.3 Å². The summed E-state index contributed by atoms with van der Waals surface area (Å²) in [4.78, 5) is 2.23. The number of likely N-dealkylation sites (N-methyl/N-ethyl adjacent to an activating group) is 1. The zero-order valence-electron chi connectivity index (χ0n) is 12.5. The first-order valence-corrected chi connectivity index (χ1v) is 9.12. The molecule has 0 amide bonds. The van der Waals surface area contributed by atoms with E-state index in [2.05, 4.69) is 31.1 Å². The van der Waals surface area contributed by atoms with Crippen molar-refractivity contribution in [3.05, 3.63) is 17.0 Å². The fraction of sp³-hybridized carbons (Fsp3) is 0.692. The van der Waals surface area contributed by atoms with E-state index < -0.39 is 10.0 Å². The van der Waals surface area contributed by atoms with E-state index in [-0.39, 0.29) is 12.1 Å². The first-order valence-electron chi connectivity index (χ1n) is 6.80. The summed E-state index contributed by atoms with van der Waals surface area (Å²) in [7, 11) is 0.556. The van der Waals surface area contributed by atoms with Crippen molar-refractivity contribution in [1.29, 1.82) is 0 Å². The van der Waals surface area contributed by atoms with Gasteiger partial charge in [-0.1, -0.05) is 0 Å². The van der Waals surface area contributed by atoms with Gasteiger partial charge < -0.3 is 5.32 Å². The van der Waals surface area contributed by atoms with E-state index in [4.69, 9.17) is 0 Å². The highest BCUT2D eigenvalue weighted by Gasteiger charge is 2.35. The third-order valence-electron chi connectivity index (χ3n) is 3.93. The monoisotopic (exact) mass is 317 g/mol. The fourth-order valence-electron chi connectivity index (χ4n) is 2.46. The Morgan fingerprint density at radius 1 is 1.35 bits per heavy atom. The SMILES string of the molecule is CNCc1csc(S(=O)(=O)N2CC(C)N(C)C(C)C2)c1. The summed E-state index contributed by atoms with van der Waals surface area (Å²) >= 11 is 1.31. The molecule has 1 fully saturated rings. The minimum atomic E-state index is -3.35. The number of hydrogen-bond donors (Lipinski definition) is 1. The van der Waals surface area contributed by atoms with Crippen LogP contribution in [0.2, 0.25) is 0 Å². The van der Waals surface area contributed by atoms with Crippen LogP contribution in [0.5, 0.6) is 0 Å². The van der Waals surface area contributed by atoms with Crippen LogP contribution >= 0.6 is 11.3 Å². The lowest BCUT2D eigenvalue weighted by Gasteiger charge is -2.41. The summed E-state index contributed by atoms with van der Waals surface area (Å²) in [5, 5.41) is 4.95. The molecule has 2 heterocycles. The van der Waals surface area contributed by atoms with Gasteiger partial charge in [0, 0.05) is 31.7 Å². The number of nitrogens with one attached hydrogen (secondary N) is 1. The predicted octanol–water partition coefficient (Wildman–Crippen LogP) is 1.18. The topological polar surface area (TPSA) is 52.7 Å². The van der Waals surface area contributed by atoms with Gasteiger partial charge in [-0.3, -0.25) is 4.90 Å². The number of thiophene rings is 1. The first kappa shape index (κ1) is 15.9. The molecular formula is C13H23N3O2S2. The van der Waals surface area contributed by atoms with Crippen LogP contribution in [0, 0.1) is 0 Å². The maximum Gasteiger partial charge on any atom is 0.252 e. The van der Waals surface area contributed by atoms with Gasteiger partial charge >= 0.3 is 0 Å². The summed E-state index contributed by atoms with van der Waals surface area (Å²) in [5.74, 6) is 0. The van der Waals surface area contributed by atoms with Crippen molar-refractivity contribution in [3.8, 4) is 0 Å². The highest BCUT2D eigenvalue weighted by Crippen LogP contribution is 2.27. The van der Waals surface area contributed by atoms with Gasteiger partial charge in [-0.05, 0) is 45.0 Å². The fourth-order valence-corrected chi connectivity index (χ4v) is 5.43. The molecule has 2 unspecified atom stereocenters. The maximum atomic E-state index is 12.7. The Labute approximate surface area is 125 Å². The van der Waals surface area contributed by atoms with Crippen molar-refractivity contribution in [1.82, 2.24) is 14.5 Å². The molecular weight excluding hydrogens is 294 g/mol. The molecule has 2 rings (SSSR count). The molecule has 114 valence electrons. The molecule has 1 aliphatic heterocycles. The second-order valence-corrected chi connectivity index (χ2v) is 8.57. The lowest BCUT2D eigenvalue weighted by Crippen LogP contribution is -2.56. The Morgan fingerprint density at radius 2 is 1.95 bits per heavy atom. The van der Waals surface area contributed by atoms with Crippen LogP contribution in [0.25, 0.3) is 0 Å². The summed E-state index contributed by atoms with van der Waals surface area (Å²) < 4.78 is 27.5. The molecule has 1 aromatic heterocycles. The molecule has 1 saturated heterocycles. The van der Waals surface area contributed by atoms with Crippen molar-refractivity contribution in [2.24, 2.45) is 0 Å². The lowest BCUT2D eigenvalue weighted by atomic mass is 10.1. The minimum absolute atomic E-state index is 0.241. The average Bonchev–Trinajstić information content (AvgIpc) is 2.85. The summed E-state index contributed by atoms with van der Waals surface area (Å²) in [6.07, 6.45) is 0. The third-order valence-corrected chi connectivity index (χ3v) is 7.23. The van der Waals surface area contributed by atoms with Gasteiger partial charge in [0.15, 0.2) is 0 Å². The number of nitrogens with zero attached hydrogens (tertiary/aromatic N) is 2. The smallest absolute Gasteiger partial charge is 0.252 e. The molecule has 2 atom stereocenters. The molecule has 0 radical (unpaired) electrons. The zero-order chi connectivity index (χ0) is 14.9. The molecule has 5 nitrogen and oxygen atoms in total. The molecule has 20 heavy (non-hydrogen) atoms. The van der Waals surface area contributed by atoms with Crippen LogP contribution in [-0.2, 0) is 16.6 Å². The molecule has 0 spiro atoms. The van der Waals surface area contributed by atoms with Gasteiger partial charge in [-0.2, -0.15) is 4.31 Å². The van der Waals surface area contributed by atoms with E-state index in [1.807, 2.05) is 12.4 Å². The van der Waals surface area contributed by atoms with Crippen LogP contribution in [0.15, 0.2) is 15.7 Å². The van der Waals surface area contributed by atoms with E-state index in [0.717, 1.165) is 5.56 Å². The van der Waals surface area contributed by atoms with Crippen LogP contribution in [0.4, 0.5) is 0 Å². The van der Waals surface area contributed by atoms with Gasteiger partial charge in [0.25, 0.3) is 10.0 Å². The normalized spacial score (nSPS) is 26.0. The van der Waals surface area contributed by atoms with Crippen molar-refractivity contribution in [2.45, 2.75) is 36.7 Å². The van der Waals surface area contributed by atoms with E-state index in [1.54, 1.807) is 10.4 Å². The van der Waals surface area contributed by atoms with Crippen molar-refractivity contribution in [3.63, 3.8) is 0 Å². The predicted molar refractivity (Wildman–Crippen MR) is 82.5 cm³/mol. The number of sulfonamides is 1. The van der Waals surface area contributed by atoms with E-state index >= 15 is 0 Å². The van der Waals surface area contributed by atoms with Gasteiger partial charge in [0.2, 0.25) is 0 Å². The van der Waals surface area contributed by atoms with E-state index in [0.29, 0.717) is 23.8 Å². The summed E-state index contributed by atoms with van der Waals surface area (Å²) in [6.45, 7) is 5.95. The lowest BCUT2D eigenvalue weighted by molar-refractivity contribution is 0.105. The molecule has 0 aliphatic carbocycles. The Balaban J connectivity index is 2.21. The Kier molecular flexibility index (Phi) is 4.86. The van der Waals surface area contributed by atoms with Crippen LogP contribution in [-0.4, -0.2) is 56.9 Å². The van der Waals surface area contributed by atoms with Gasteiger partial charge in [-0.25, -0.2) is 8.42 Å². The summed E-state index contributed by atoms with van der Waals surface area (Å²) in [6, 6.07) is 2.26. The second kappa shape index (κ2) is 6.11. The molecule has 1 N–H and O–H groups in total. The summed E-state index contributed by atoms with van der Waals surface area (Å²) in [5.41, 5.74) is 1.02. The van der Waals surface area contributed by atoms with Crippen molar-refractivity contribution in [2.75, 3.05) is 27.2 Å². The maximum absolute atomic E-state index is 12.7. The highest BCUT2D eigenvalue weighted by molar-refractivity contribution is 7.91. The Morgan fingerprint density at radius 3 is 2.50 bits per heavy atom. The largest absolute Gasteiger partial charge is 0.316 e. The molecule has 1 aromatic rings. The second-order valence-electron chi connectivity index (χ2n) is 5.49. The zero-order valence-corrected chi connectivity index (χ0v) is 14.1. The first-order chi connectivity index (χ1) is 9.36. The highest BCUT2D eigenvalue weighted by atomic mass is 32.2. The number of piperazine rings is 1. The molecule has 1 aliphatic rings. The molecule has 0 aromatic carbocycles. The Bertz CT molecular complexity index is 544. The average molecular weight is 317 g/mol. The van der Waals surface area contributed by atoms with Crippen molar-refractivity contribution < 1.29 is 8.42 Å². The van der Waals surface area contributed by atoms with Crippen LogP contribution in [0.3, 0.4) is 0 Å². The Hall–Kier alpha value is -0.470. The molecule has 0 bridgehead atoms. The van der Waals surface area contributed by atoms with E-state index in [9.17, 15) is 8.42 Å².